The second-order valence-corrected chi connectivity index (χ2v) is 7.83. The Labute approximate surface area is 172 Å². The van der Waals surface area contributed by atoms with Crippen molar-refractivity contribution >= 4 is 15.9 Å². The van der Waals surface area contributed by atoms with Gasteiger partial charge in [0.2, 0.25) is 15.7 Å². The summed E-state index contributed by atoms with van der Waals surface area (Å²) in [5.41, 5.74) is 0.0560. The largest absolute Gasteiger partial charge is 0.478 e. The van der Waals surface area contributed by atoms with Crippen molar-refractivity contribution in [2.45, 2.75) is 23.5 Å². The zero-order valence-electron chi connectivity index (χ0n) is 16.2. The van der Waals surface area contributed by atoms with Crippen LogP contribution in [0.3, 0.4) is 0 Å². The molecule has 0 atom stereocenters. The number of ether oxygens (including phenoxy) is 2. The van der Waals surface area contributed by atoms with Crippen molar-refractivity contribution in [2.75, 3.05) is 13.7 Å². The van der Waals surface area contributed by atoms with E-state index in [4.69, 9.17) is 9.47 Å². The molecule has 0 aliphatic rings. The third-order valence-corrected chi connectivity index (χ3v) is 5.65. The molecule has 1 aromatic carbocycles. The van der Waals surface area contributed by atoms with Crippen molar-refractivity contribution in [2.24, 2.45) is 0 Å². The summed E-state index contributed by atoms with van der Waals surface area (Å²) < 4.78 is 52.0. The molecule has 0 radical (unpaired) electrons. The van der Waals surface area contributed by atoms with E-state index in [2.05, 4.69) is 15.4 Å². The number of pyridine rings is 1. The highest BCUT2D eigenvalue weighted by Gasteiger charge is 2.27. The van der Waals surface area contributed by atoms with Gasteiger partial charge in [0.05, 0.1) is 11.5 Å². The van der Waals surface area contributed by atoms with Gasteiger partial charge in [-0.1, -0.05) is 12.1 Å². The van der Waals surface area contributed by atoms with Gasteiger partial charge in [-0.25, -0.2) is 27.3 Å². The Morgan fingerprint density at radius 2 is 2.00 bits per heavy atom. The molecule has 30 heavy (non-hydrogen) atoms. The summed E-state index contributed by atoms with van der Waals surface area (Å²) in [6, 6.07) is 9.59. The number of nitrogens with one attached hydrogen (secondary N) is 1. The van der Waals surface area contributed by atoms with Crippen LogP contribution in [0.5, 0.6) is 5.88 Å². The van der Waals surface area contributed by atoms with Crippen molar-refractivity contribution in [3.8, 4) is 11.6 Å². The quantitative estimate of drug-likeness (QED) is 0.608. The first-order valence-corrected chi connectivity index (χ1v) is 10.4. The summed E-state index contributed by atoms with van der Waals surface area (Å²) in [7, 11) is -2.75. The molecule has 0 unspecified atom stereocenters. The fraction of sp³-hybridized carbons (Fsp3) is 0.211. The standard InChI is InChI=1S/C19H19FN4O5S/c1-3-28-17-9-8-14(11-22-17)30(26,27)18-10-13(12-29-19(25)21-2)23-24(18)16-7-5-4-6-15(16)20/h4-11H,3,12H2,1-2H3,(H,21,25). The summed E-state index contributed by atoms with van der Waals surface area (Å²) >= 11 is 0. The van der Waals surface area contributed by atoms with E-state index in [1.54, 1.807) is 13.0 Å². The average Bonchev–Trinajstić information content (AvgIpc) is 3.18. The van der Waals surface area contributed by atoms with Crippen LogP contribution in [0.25, 0.3) is 5.69 Å². The van der Waals surface area contributed by atoms with Crippen LogP contribution in [-0.2, 0) is 21.2 Å². The van der Waals surface area contributed by atoms with Crippen molar-refractivity contribution in [1.29, 1.82) is 0 Å². The van der Waals surface area contributed by atoms with E-state index in [0.717, 1.165) is 10.9 Å². The number of para-hydroxylation sites is 1. The second-order valence-electron chi connectivity index (χ2n) is 5.93. The van der Waals surface area contributed by atoms with Gasteiger partial charge in [0, 0.05) is 25.4 Å². The first-order valence-electron chi connectivity index (χ1n) is 8.89. The van der Waals surface area contributed by atoms with Crippen molar-refractivity contribution in [3.05, 3.63) is 60.2 Å². The maximum atomic E-state index is 14.4. The average molecular weight is 434 g/mol. The highest BCUT2D eigenvalue weighted by molar-refractivity contribution is 7.91. The van der Waals surface area contributed by atoms with E-state index in [1.807, 2.05) is 0 Å². The van der Waals surface area contributed by atoms with E-state index in [1.165, 1.54) is 43.4 Å². The predicted octanol–water partition coefficient (Wildman–Crippen LogP) is 2.49. The van der Waals surface area contributed by atoms with Crippen LogP contribution in [0.4, 0.5) is 9.18 Å². The Balaban J connectivity index is 2.08. The molecule has 0 saturated carbocycles. The van der Waals surface area contributed by atoms with Crippen LogP contribution in [-0.4, -0.2) is 42.9 Å². The van der Waals surface area contributed by atoms with Crippen LogP contribution in [0, 0.1) is 5.82 Å². The molecule has 11 heteroatoms. The molecule has 0 spiro atoms. The Hall–Kier alpha value is -3.47. The SMILES string of the molecule is CCOc1ccc(S(=O)(=O)c2cc(COC(=O)NC)nn2-c2ccccc2F)cn1. The molecule has 9 nitrogen and oxygen atoms in total. The van der Waals surface area contributed by atoms with Crippen molar-refractivity contribution < 1.29 is 27.1 Å². The molecular formula is C19H19FN4O5S. The normalized spacial score (nSPS) is 11.2. The molecule has 2 aromatic heterocycles. The highest BCUT2D eigenvalue weighted by Crippen LogP contribution is 2.26. The lowest BCUT2D eigenvalue weighted by Crippen LogP contribution is -2.19. The summed E-state index contributed by atoms with van der Waals surface area (Å²) in [5, 5.41) is 6.11. The molecular weight excluding hydrogens is 415 g/mol. The number of hydrogen-bond donors (Lipinski definition) is 1. The Morgan fingerprint density at radius 1 is 1.23 bits per heavy atom. The van der Waals surface area contributed by atoms with Gasteiger partial charge in [-0.05, 0) is 25.1 Å². The Bertz CT molecular complexity index is 1150. The van der Waals surface area contributed by atoms with Crippen LogP contribution in [0.1, 0.15) is 12.6 Å². The molecule has 0 aliphatic carbocycles. The van der Waals surface area contributed by atoms with Crippen LogP contribution < -0.4 is 10.1 Å². The van der Waals surface area contributed by atoms with E-state index >= 15 is 0 Å². The molecule has 3 aromatic rings. The lowest BCUT2D eigenvalue weighted by Gasteiger charge is -2.09. The minimum absolute atomic E-state index is 0.0684. The molecule has 1 N–H and O–H groups in total. The molecule has 2 heterocycles. The maximum absolute atomic E-state index is 14.4. The molecule has 1 amide bonds. The third-order valence-electron chi connectivity index (χ3n) is 3.95. The molecule has 0 aliphatic heterocycles. The zero-order chi connectivity index (χ0) is 21.7. The van der Waals surface area contributed by atoms with Gasteiger partial charge in [0.15, 0.2) is 5.03 Å². The number of amides is 1. The Kier molecular flexibility index (Phi) is 6.31. The van der Waals surface area contributed by atoms with Gasteiger partial charge in [-0.2, -0.15) is 5.10 Å². The van der Waals surface area contributed by atoms with Crippen molar-refractivity contribution in [3.63, 3.8) is 0 Å². The number of sulfone groups is 1. The number of rotatable bonds is 7. The first kappa shape index (κ1) is 21.2. The van der Waals surface area contributed by atoms with Crippen LogP contribution in [0.15, 0.2) is 58.6 Å². The fourth-order valence-electron chi connectivity index (χ4n) is 2.56. The monoisotopic (exact) mass is 434 g/mol. The van der Waals surface area contributed by atoms with E-state index in [9.17, 15) is 17.6 Å². The number of carbonyl (C=O) groups is 1. The summed E-state index contributed by atoms with van der Waals surface area (Å²) in [6.45, 7) is 1.86. The van der Waals surface area contributed by atoms with Gasteiger partial charge >= 0.3 is 6.09 Å². The fourth-order valence-corrected chi connectivity index (χ4v) is 3.90. The predicted molar refractivity (Wildman–Crippen MR) is 104 cm³/mol. The van der Waals surface area contributed by atoms with E-state index < -0.39 is 21.7 Å². The van der Waals surface area contributed by atoms with E-state index in [-0.39, 0.29) is 33.8 Å². The minimum atomic E-state index is -4.13. The number of alkyl carbamates (subject to hydrolysis) is 1. The lowest BCUT2D eigenvalue weighted by atomic mass is 10.3. The summed E-state index contributed by atoms with van der Waals surface area (Å²) in [4.78, 5) is 15.2. The molecule has 0 bridgehead atoms. The number of halogens is 1. The lowest BCUT2D eigenvalue weighted by molar-refractivity contribution is 0.140. The first-order chi connectivity index (χ1) is 14.4. The number of aromatic nitrogens is 3. The van der Waals surface area contributed by atoms with Gasteiger partial charge in [0.25, 0.3) is 0 Å². The second kappa shape index (κ2) is 8.91. The topological polar surface area (TPSA) is 112 Å². The third kappa shape index (κ3) is 4.40. The Morgan fingerprint density at radius 3 is 2.63 bits per heavy atom. The number of benzene rings is 1. The van der Waals surface area contributed by atoms with Gasteiger partial charge in [0.1, 0.15) is 23.8 Å². The maximum Gasteiger partial charge on any atom is 0.407 e. The number of hydrogen-bond acceptors (Lipinski definition) is 7. The number of nitrogens with zero attached hydrogens (tertiary/aromatic N) is 3. The molecule has 0 fully saturated rings. The van der Waals surface area contributed by atoms with E-state index in [0.29, 0.717) is 6.61 Å². The molecule has 3 rings (SSSR count). The van der Waals surface area contributed by atoms with Gasteiger partial charge in [-0.3, -0.25) is 0 Å². The van der Waals surface area contributed by atoms with Crippen LogP contribution >= 0.6 is 0 Å². The summed E-state index contributed by atoms with van der Waals surface area (Å²) in [5.74, 6) is -0.389. The molecule has 0 saturated heterocycles. The van der Waals surface area contributed by atoms with Crippen molar-refractivity contribution in [1.82, 2.24) is 20.1 Å². The number of carbonyl (C=O) groups excluding carboxylic acids is 1. The smallest absolute Gasteiger partial charge is 0.407 e. The van der Waals surface area contributed by atoms with Crippen LogP contribution in [0.2, 0.25) is 0 Å². The summed E-state index contributed by atoms with van der Waals surface area (Å²) in [6.07, 6.45) is 0.440. The molecule has 158 valence electrons. The minimum Gasteiger partial charge on any atom is -0.478 e. The zero-order valence-corrected chi connectivity index (χ0v) is 17.0. The van der Waals surface area contributed by atoms with Gasteiger partial charge < -0.3 is 14.8 Å². The van der Waals surface area contributed by atoms with Gasteiger partial charge in [-0.15, -0.1) is 0 Å². The highest BCUT2D eigenvalue weighted by atomic mass is 32.2.